The van der Waals surface area contributed by atoms with Crippen LogP contribution in [0.15, 0.2) is 83.4 Å². The van der Waals surface area contributed by atoms with E-state index in [2.05, 4.69) is 16.1 Å². The number of hydrogen-bond donors (Lipinski definition) is 0. The van der Waals surface area contributed by atoms with Crippen LogP contribution < -0.4 is 0 Å². The van der Waals surface area contributed by atoms with Crippen LogP contribution in [0.4, 0.5) is 5.82 Å². The summed E-state index contributed by atoms with van der Waals surface area (Å²) >= 11 is 3.56. The molecule has 5 heteroatoms. The monoisotopic (exact) mass is 482 g/mol. The number of nitrogens with zero attached hydrogens (tertiary/aromatic N) is 2. The Labute approximate surface area is 194 Å². The molecule has 0 amide bonds. The Balaban J connectivity index is 1.56. The van der Waals surface area contributed by atoms with Crippen LogP contribution in [0.5, 0.6) is 0 Å². The summed E-state index contributed by atoms with van der Waals surface area (Å²) in [6, 6.07) is 23.2. The first-order valence-electron chi connectivity index (χ1n) is 10.3. The van der Waals surface area contributed by atoms with Crippen molar-refractivity contribution in [1.29, 1.82) is 0 Å². The van der Waals surface area contributed by atoms with E-state index in [0.717, 1.165) is 33.4 Å². The van der Waals surface area contributed by atoms with Gasteiger partial charge in [0, 0.05) is 16.8 Å². The summed E-state index contributed by atoms with van der Waals surface area (Å²) in [7, 11) is 0. The van der Waals surface area contributed by atoms with Gasteiger partial charge < -0.3 is 0 Å². The lowest BCUT2D eigenvalue weighted by Gasteiger charge is -2.03. The summed E-state index contributed by atoms with van der Waals surface area (Å²) in [5.74, 6) is 0.236. The maximum absolute atomic E-state index is 13.1. The molecule has 156 valence electrons. The minimum absolute atomic E-state index is 0.170. The predicted molar refractivity (Wildman–Crippen MR) is 132 cm³/mol. The molecule has 0 saturated heterocycles. The zero-order chi connectivity index (χ0) is 22.4. The molecule has 5 rings (SSSR count). The maximum atomic E-state index is 13.1. The highest BCUT2D eigenvalue weighted by atomic mass is 79.9. The SMILES string of the molecule is C/C(=N\c1c(C)cc(C=C2C(=O)c3cc4ccccc4cc3C2=O)n1Br)c1ccccc1. The third-order valence-corrected chi connectivity index (χ3v) is 6.50. The molecule has 0 saturated carbocycles. The second kappa shape index (κ2) is 7.84. The van der Waals surface area contributed by atoms with E-state index in [-0.39, 0.29) is 17.1 Å². The Bertz CT molecular complexity index is 1420. The smallest absolute Gasteiger partial charge is 0.197 e. The van der Waals surface area contributed by atoms with E-state index in [1.807, 2.05) is 86.6 Å². The van der Waals surface area contributed by atoms with Gasteiger partial charge in [-0.3, -0.25) is 13.2 Å². The normalized spacial score (nSPS) is 13.7. The van der Waals surface area contributed by atoms with Gasteiger partial charge in [0.25, 0.3) is 0 Å². The number of aryl methyl sites for hydroxylation is 1. The van der Waals surface area contributed by atoms with Crippen molar-refractivity contribution in [3.8, 4) is 0 Å². The minimum atomic E-state index is -0.243. The van der Waals surface area contributed by atoms with Gasteiger partial charge in [0.1, 0.15) is 5.82 Å². The van der Waals surface area contributed by atoms with Crippen molar-refractivity contribution in [2.45, 2.75) is 13.8 Å². The van der Waals surface area contributed by atoms with E-state index in [9.17, 15) is 9.59 Å². The fourth-order valence-electron chi connectivity index (χ4n) is 4.04. The summed E-state index contributed by atoms with van der Waals surface area (Å²) in [4.78, 5) is 30.9. The lowest BCUT2D eigenvalue weighted by atomic mass is 10.0. The maximum Gasteiger partial charge on any atom is 0.197 e. The van der Waals surface area contributed by atoms with E-state index in [4.69, 9.17) is 4.99 Å². The zero-order valence-corrected chi connectivity index (χ0v) is 19.2. The number of benzene rings is 3. The summed E-state index contributed by atoms with van der Waals surface area (Å²) in [6.07, 6.45) is 1.65. The molecule has 1 aliphatic rings. The van der Waals surface area contributed by atoms with Gasteiger partial charge in [0.05, 0.1) is 27.4 Å². The number of ketones is 2. The molecule has 1 aliphatic carbocycles. The second-order valence-corrected chi connectivity index (χ2v) is 8.59. The number of fused-ring (bicyclic) bond motifs is 2. The Morgan fingerprint density at radius 2 is 1.44 bits per heavy atom. The average Bonchev–Trinajstić information content (AvgIpc) is 3.20. The summed E-state index contributed by atoms with van der Waals surface area (Å²) in [5, 5.41) is 1.89. The Hall–Kier alpha value is -3.57. The topological polar surface area (TPSA) is 51.4 Å². The number of halogens is 1. The number of Topliss-reactive ketones (excluding diaryl/α,β-unsaturated/α-hetero) is 2. The number of carbonyl (C=O) groups is 2. The van der Waals surface area contributed by atoms with Crippen molar-refractivity contribution >= 4 is 56.1 Å². The van der Waals surface area contributed by atoms with Gasteiger partial charge in [0.2, 0.25) is 0 Å². The molecule has 32 heavy (non-hydrogen) atoms. The van der Waals surface area contributed by atoms with Crippen LogP contribution in [-0.2, 0) is 0 Å². The molecule has 1 aromatic heterocycles. The van der Waals surface area contributed by atoms with Gasteiger partial charge in [-0.2, -0.15) is 0 Å². The van der Waals surface area contributed by atoms with E-state index in [0.29, 0.717) is 16.8 Å². The van der Waals surface area contributed by atoms with E-state index in [1.54, 1.807) is 9.67 Å². The Kier molecular flexibility index (Phi) is 4.98. The first-order valence-corrected chi connectivity index (χ1v) is 11.0. The Morgan fingerprint density at radius 3 is 2.03 bits per heavy atom. The van der Waals surface area contributed by atoms with Crippen LogP contribution in [0, 0.1) is 6.92 Å². The van der Waals surface area contributed by atoms with Crippen molar-refractivity contribution in [1.82, 2.24) is 3.59 Å². The first-order chi connectivity index (χ1) is 15.4. The second-order valence-electron chi connectivity index (χ2n) is 7.88. The third kappa shape index (κ3) is 3.35. The number of allylic oxidation sites excluding steroid dienone is 1. The number of hydrogen-bond acceptors (Lipinski definition) is 3. The number of aliphatic imine (C=N–C) groups is 1. The van der Waals surface area contributed by atoms with Crippen LogP contribution in [-0.4, -0.2) is 20.9 Å². The summed E-state index contributed by atoms with van der Waals surface area (Å²) in [5.41, 5.74) is 4.62. The fourth-order valence-corrected chi connectivity index (χ4v) is 4.61. The molecule has 0 fully saturated rings. The standard InChI is InChI=1S/C27H19BrN2O2/c1-16-12-21(30(28)27(16)29-17(2)18-8-4-3-5-9-18)15-24-25(31)22-13-19-10-6-7-11-20(19)14-23(22)26(24)32/h3-15H,1-2H3/b29-17+. The van der Waals surface area contributed by atoms with E-state index in [1.165, 1.54) is 0 Å². The lowest BCUT2D eigenvalue weighted by Crippen LogP contribution is -2.01. The molecule has 1 heterocycles. The molecular formula is C27H19BrN2O2. The van der Waals surface area contributed by atoms with Gasteiger partial charge >= 0.3 is 0 Å². The van der Waals surface area contributed by atoms with Crippen molar-refractivity contribution in [3.63, 3.8) is 0 Å². The minimum Gasteiger partial charge on any atom is -0.288 e. The first kappa shape index (κ1) is 20.3. The quantitative estimate of drug-likeness (QED) is 0.185. The highest BCUT2D eigenvalue weighted by molar-refractivity contribution is 9.08. The van der Waals surface area contributed by atoms with Gasteiger partial charge in [-0.15, -0.1) is 0 Å². The highest BCUT2D eigenvalue weighted by Gasteiger charge is 2.33. The largest absolute Gasteiger partial charge is 0.288 e. The lowest BCUT2D eigenvalue weighted by molar-refractivity contribution is 0.0990. The molecule has 4 nitrogen and oxygen atoms in total. The van der Waals surface area contributed by atoms with Gasteiger partial charge in [-0.05, 0) is 60.0 Å². The van der Waals surface area contributed by atoms with Crippen molar-refractivity contribution in [2.75, 3.05) is 0 Å². The zero-order valence-electron chi connectivity index (χ0n) is 17.6. The van der Waals surface area contributed by atoms with Crippen LogP contribution in [0.1, 0.15) is 44.5 Å². The molecule has 0 aliphatic heterocycles. The number of rotatable bonds is 3. The van der Waals surface area contributed by atoms with E-state index < -0.39 is 0 Å². The Morgan fingerprint density at radius 1 is 0.875 bits per heavy atom. The van der Waals surface area contributed by atoms with Gasteiger partial charge in [-0.25, -0.2) is 4.99 Å². The van der Waals surface area contributed by atoms with Crippen molar-refractivity contribution in [2.24, 2.45) is 4.99 Å². The third-order valence-electron chi connectivity index (χ3n) is 5.75. The molecule has 0 atom stereocenters. The van der Waals surface area contributed by atoms with Crippen LogP contribution in [0.3, 0.4) is 0 Å². The van der Waals surface area contributed by atoms with Gasteiger partial charge in [-0.1, -0.05) is 54.6 Å². The molecule has 0 unspecified atom stereocenters. The highest BCUT2D eigenvalue weighted by Crippen LogP contribution is 2.34. The molecule has 0 bridgehead atoms. The molecule has 0 N–H and O–H groups in total. The van der Waals surface area contributed by atoms with Crippen LogP contribution in [0.25, 0.3) is 16.8 Å². The molecule has 0 radical (unpaired) electrons. The van der Waals surface area contributed by atoms with Crippen LogP contribution in [0.2, 0.25) is 0 Å². The van der Waals surface area contributed by atoms with Crippen LogP contribution >= 0.6 is 16.1 Å². The average molecular weight is 483 g/mol. The molecule has 4 aromatic rings. The van der Waals surface area contributed by atoms with E-state index >= 15 is 0 Å². The summed E-state index contributed by atoms with van der Waals surface area (Å²) < 4.78 is 1.74. The molecule has 0 spiro atoms. The fraction of sp³-hybridized carbons (Fsp3) is 0.0741. The molecular weight excluding hydrogens is 464 g/mol. The van der Waals surface area contributed by atoms with Crippen molar-refractivity contribution in [3.05, 3.63) is 106 Å². The number of aromatic nitrogens is 1. The van der Waals surface area contributed by atoms with Crippen molar-refractivity contribution < 1.29 is 9.59 Å². The predicted octanol–water partition coefficient (Wildman–Crippen LogP) is 6.71. The summed E-state index contributed by atoms with van der Waals surface area (Å²) in [6.45, 7) is 3.91. The number of carbonyl (C=O) groups excluding carboxylic acids is 2. The van der Waals surface area contributed by atoms with Gasteiger partial charge in [0.15, 0.2) is 11.6 Å². The molecule has 3 aromatic carbocycles.